The lowest BCUT2D eigenvalue weighted by Crippen LogP contribution is -2.49. The third-order valence-electron chi connectivity index (χ3n) is 3.00. The van der Waals surface area contributed by atoms with Crippen molar-refractivity contribution < 1.29 is 8.42 Å². The molecule has 2 N–H and O–H groups in total. The highest BCUT2D eigenvalue weighted by Crippen LogP contribution is 2.21. The number of nitrogens with zero attached hydrogens (tertiary/aromatic N) is 1. The summed E-state index contributed by atoms with van der Waals surface area (Å²) in [5.41, 5.74) is 5.93. The van der Waals surface area contributed by atoms with Crippen LogP contribution in [0, 0.1) is 5.92 Å². The van der Waals surface area contributed by atoms with E-state index >= 15 is 0 Å². The van der Waals surface area contributed by atoms with Crippen LogP contribution in [0.2, 0.25) is 0 Å². The van der Waals surface area contributed by atoms with E-state index in [0.29, 0.717) is 19.0 Å². The van der Waals surface area contributed by atoms with Crippen LogP contribution in [0.25, 0.3) is 0 Å². The lowest BCUT2D eigenvalue weighted by Gasteiger charge is -2.35. The van der Waals surface area contributed by atoms with Gasteiger partial charge in [-0.25, -0.2) is 12.7 Å². The summed E-state index contributed by atoms with van der Waals surface area (Å²) in [6.07, 6.45) is 3.13. The Kier molecular flexibility index (Phi) is 4.31. The highest BCUT2D eigenvalue weighted by atomic mass is 32.2. The Morgan fingerprint density at radius 3 is 2.80 bits per heavy atom. The molecule has 4 nitrogen and oxygen atoms in total. The molecule has 2 atom stereocenters. The number of piperidine rings is 1. The standard InChI is InChI=1S/C10H20N2O2S/c1-3-7-15(13,14)12-6-5-10(11)9(4-2)8-12/h3,9-10H,1,4-8,11H2,2H3. The molecule has 0 amide bonds. The van der Waals surface area contributed by atoms with E-state index in [1.54, 1.807) is 4.31 Å². The number of sulfonamides is 1. The van der Waals surface area contributed by atoms with E-state index in [1.165, 1.54) is 6.08 Å². The van der Waals surface area contributed by atoms with Gasteiger partial charge < -0.3 is 5.73 Å². The van der Waals surface area contributed by atoms with Crippen molar-refractivity contribution in [3.63, 3.8) is 0 Å². The Balaban J connectivity index is 2.69. The average molecular weight is 232 g/mol. The zero-order valence-electron chi connectivity index (χ0n) is 9.22. The molecule has 0 aliphatic carbocycles. The molecule has 0 aromatic heterocycles. The summed E-state index contributed by atoms with van der Waals surface area (Å²) in [4.78, 5) is 0. The first-order chi connectivity index (χ1) is 7.01. The highest BCUT2D eigenvalue weighted by molar-refractivity contribution is 7.89. The third-order valence-corrected chi connectivity index (χ3v) is 4.78. The van der Waals surface area contributed by atoms with Crippen molar-refractivity contribution in [2.75, 3.05) is 18.8 Å². The minimum Gasteiger partial charge on any atom is -0.327 e. The first-order valence-electron chi connectivity index (χ1n) is 5.35. The van der Waals surface area contributed by atoms with Crippen LogP contribution in [-0.4, -0.2) is 37.6 Å². The van der Waals surface area contributed by atoms with Crippen molar-refractivity contribution in [2.24, 2.45) is 11.7 Å². The van der Waals surface area contributed by atoms with Gasteiger partial charge >= 0.3 is 0 Å². The van der Waals surface area contributed by atoms with Crippen LogP contribution < -0.4 is 5.73 Å². The molecule has 88 valence electrons. The topological polar surface area (TPSA) is 63.4 Å². The summed E-state index contributed by atoms with van der Waals surface area (Å²) < 4.78 is 25.1. The molecule has 1 saturated heterocycles. The largest absolute Gasteiger partial charge is 0.327 e. The Hall–Kier alpha value is -0.390. The predicted molar refractivity (Wildman–Crippen MR) is 61.9 cm³/mol. The Labute approximate surface area is 92.2 Å². The van der Waals surface area contributed by atoms with Crippen LogP contribution >= 0.6 is 0 Å². The molecule has 0 saturated carbocycles. The van der Waals surface area contributed by atoms with Crippen molar-refractivity contribution >= 4 is 10.0 Å². The summed E-state index contributed by atoms with van der Waals surface area (Å²) >= 11 is 0. The van der Waals surface area contributed by atoms with Crippen LogP contribution in [0.15, 0.2) is 12.7 Å². The minimum atomic E-state index is -3.14. The van der Waals surface area contributed by atoms with E-state index in [4.69, 9.17) is 5.73 Å². The Bertz CT molecular complexity index is 313. The lowest BCUT2D eigenvalue weighted by molar-refractivity contribution is 0.231. The van der Waals surface area contributed by atoms with E-state index in [-0.39, 0.29) is 11.8 Å². The second kappa shape index (κ2) is 5.09. The van der Waals surface area contributed by atoms with Crippen molar-refractivity contribution in [3.05, 3.63) is 12.7 Å². The van der Waals surface area contributed by atoms with E-state index in [0.717, 1.165) is 12.8 Å². The Morgan fingerprint density at radius 1 is 1.60 bits per heavy atom. The fraction of sp³-hybridized carbons (Fsp3) is 0.800. The number of nitrogens with two attached hydrogens (primary N) is 1. The zero-order valence-corrected chi connectivity index (χ0v) is 10.0. The van der Waals surface area contributed by atoms with Crippen molar-refractivity contribution in [3.8, 4) is 0 Å². The van der Waals surface area contributed by atoms with Gasteiger partial charge in [-0.2, -0.15) is 0 Å². The van der Waals surface area contributed by atoms with Gasteiger partial charge in [0.25, 0.3) is 0 Å². The van der Waals surface area contributed by atoms with Gasteiger partial charge in [-0.1, -0.05) is 19.4 Å². The fourth-order valence-corrected chi connectivity index (χ4v) is 3.27. The molecule has 2 unspecified atom stereocenters. The third kappa shape index (κ3) is 3.03. The second-order valence-electron chi connectivity index (χ2n) is 4.05. The molecule has 0 bridgehead atoms. The van der Waals surface area contributed by atoms with E-state index < -0.39 is 10.0 Å². The van der Waals surface area contributed by atoms with E-state index in [2.05, 4.69) is 6.58 Å². The maximum Gasteiger partial charge on any atom is 0.217 e. The molecular formula is C10H20N2O2S. The van der Waals surface area contributed by atoms with Crippen molar-refractivity contribution in [1.29, 1.82) is 0 Å². The van der Waals surface area contributed by atoms with Crippen LogP contribution in [0.5, 0.6) is 0 Å². The summed E-state index contributed by atoms with van der Waals surface area (Å²) in [5.74, 6) is 0.317. The quantitative estimate of drug-likeness (QED) is 0.720. The number of rotatable bonds is 4. The van der Waals surface area contributed by atoms with Gasteiger partial charge in [-0.05, 0) is 12.3 Å². The molecule has 0 spiro atoms. The molecule has 1 rings (SSSR count). The van der Waals surface area contributed by atoms with E-state index in [9.17, 15) is 8.42 Å². The summed E-state index contributed by atoms with van der Waals surface area (Å²) in [6, 6.07) is 0.144. The summed E-state index contributed by atoms with van der Waals surface area (Å²) in [5, 5.41) is 0. The smallest absolute Gasteiger partial charge is 0.217 e. The summed E-state index contributed by atoms with van der Waals surface area (Å²) in [7, 11) is -3.14. The molecule has 0 radical (unpaired) electrons. The van der Waals surface area contributed by atoms with Crippen molar-refractivity contribution in [1.82, 2.24) is 4.31 Å². The Morgan fingerprint density at radius 2 is 2.27 bits per heavy atom. The van der Waals surface area contributed by atoms with Gasteiger partial charge in [0.15, 0.2) is 0 Å². The molecule has 5 heteroatoms. The van der Waals surface area contributed by atoms with Gasteiger partial charge in [-0.3, -0.25) is 0 Å². The molecule has 1 aliphatic heterocycles. The van der Waals surface area contributed by atoms with Crippen LogP contribution in [0.1, 0.15) is 19.8 Å². The minimum absolute atomic E-state index is 0.0265. The number of hydrogen-bond donors (Lipinski definition) is 1. The molecule has 1 fully saturated rings. The molecular weight excluding hydrogens is 212 g/mol. The first-order valence-corrected chi connectivity index (χ1v) is 6.96. The van der Waals surface area contributed by atoms with Crippen molar-refractivity contribution in [2.45, 2.75) is 25.8 Å². The fourth-order valence-electron chi connectivity index (χ4n) is 1.96. The number of hydrogen-bond acceptors (Lipinski definition) is 3. The van der Waals surface area contributed by atoms with Gasteiger partial charge in [0, 0.05) is 19.1 Å². The monoisotopic (exact) mass is 232 g/mol. The van der Waals surface area contributed by atoms with Gasteiger partial charge in [0.2, 0.25) is 10.0 Å². The maximum absolute atomic E-state index is 11.8. The molecule has 0 aromatic carbocycles. The predicted octanol–water partition coefficient (Wildman–Crippen LogP) is 0.561. The average Bonchev–Trinajstić information content (AvgIpc) is 2.18. The van der Waals surface area contributed by atoms with Gasteiger partial charge in [-0.15, -0.1) is 6.58 Å². The van der Waals surface area contributed by atoms with Crippen LogP contribution in [0.4, 0.5) is 0 Å². The molecule has 1 aliphatic rings. The molecule has 0 aromatic rings. The molecule has 1 heterocycles. The zero-order chi connectivity index (χ0) is 11.5. The maximum atomic E-state index is 11.8. The second-order valence-corrected chi connectivity index (χ2v) is 6.06. The van der Waals surface area contributed by atoms with E-state index in [1.807, 2.05) is 6.92 Å². The highest BCUT2D eigenvalue weighted by Gasteiger charge is 2.31. The lowest BCUT2D eigenvalue weighted by atomic mass is 9.92. The van der Waals surface area contributed by atoms with Crippen LogP contribution in [0.3, 0.4) is 0 Å². The van der Waals surface area contributed by atoms with Gasteiger partial charge in [0.1, 0.15) is 0 Å². The first kappa shape index (κ1) is 12.7. The SMILES string of the molecule is C=CCS(=O)(=O)N1CCC(N)C(CC)C1. The summed E-state index contributed by atoms with van der Waals surface area (Å²) in [6.45, 7) is 6.63. The normalized spacial score (nSPS) is 28.9. The molecule has 15 heavy (non-hydrogen) atoms. The van der Waals surface area contributed by atoms with Gasteiger partial charge in [0.05, 0.1) is 5.75 Å². The van der Waals surface area contributed by atoms with Crippen LogP contribution in [-0.2, 0) is 10.0 Å².